The zero-order valence-electron chi connectivity index (χ0n) is 11.0. The molecule has 0 atom stereocenters. The molecule has 100 valence electrons. The van der Waals surface area contributed by atoms with E-state index in [0.717, 1.165) is 35.8 Å². The fourth-order valence-electron chi connectivity index (χ4n) is 2.77. The van der Waals surface area contributed by atoms with E-state index in [1.807, 2.05) is 18.2 Å². The lowest BCUT2D eigenvalue weighted by atomic mass is 9.98. The molecule has 0 fully saturated rings. The molecule has 20 heavy (non-hydrogen) atoms. The predicted molar refractivity (Wildman–Crippen MR) is 85.2 cm³/mol. The topological polar surface area (TPSA) is 42.1 Å². The normalized spacial score (nSPS) is 14.5. The summed E-state index contributed by atoms with van der Waals surface area (Å²) >= 11 is 1.76. The number of fused-ring (bicyclic) bond motifs is 2. The van der Waals surface area contributed by atoms with Gasteiger partial charge in [0, 0.05) is 18.8 Å². The first-order valence-electron chi connectivity index (χ1n) is 6.78. The van der Waals surface area contributed by atoms with Gasteiger partial charge < -0.3 is 10.6 Å². The molecule has 3 nitrogen and oxygen atoms in total. The highest BCUT2D eigenvalue weighted by molar-refractivity contribution is 7.22. The van der Waals surface area contributed by atoms with E-state index in [1.54, 1.807) is 11.3 Å². The van der Waals surface area contributed by atoms with Crippen molar-refractivity contribution >= 4 is 32.4 Å². The Balaban J connectivity index is 1.72. The summed E-state index contributed by atoms with van der Waals surface area (Å²) in [5.41, 5.74) is 10.7. The van der Waals surface area contributed by atoms with Gasteiger partial charge in [0.1, 0.15) is 0 Å². The number of thiazole rings is 1. The van der Waals surface area contributed by atoms with Crippen LogP contribution in [0.3, 0.4) is 0 Å². The number of rotatable bonds is 1. The van der Waals surface area contributed by atoms with E-state index in [2.05, 4.69) is 29.2 Å². The number of para-hydroxylation sites is 1. The summed E-state index contributed by atoms with van der Waals surface area (Å²) in [4.78, 5) is 7.08. The van der Waals surface area contributed by atoms with Gasteiger partial charge in [-0.1, -0.05) is 35.6 Å². The second-order valence-corrected chi connectivity index (χ2v) is 6.13. The monoisotopic (exact) mass is 281 g/mol. The minimum absolute atomic E-state index is 0.863. The highest BCUT2D eigenvalue weighted by atomic mass is 32.1. The maximum Gasteiger partial charge on any atom is 0.186 e. The van der Waals surface area contributed by atoms with Gasteiger partial charge in [0.25, 0.3) is 0 Å². The first kappa shape index (κ1) is 11.7. The maximum atomic E-state index is 6.11. The molecule has 0 bridgehead atoms. The molecule has 2 aromatic carbocycles. The van der Waals surface area contributed by atoms with E-state index in [9.17, 15) is 0 Å². The molecule has 1 aliphatic heterocycles. The van der Waals surface area contributed by atoms with Crippen LogP contribution in [0.2, 0.25) is 0 Å². The molecule has 1 aromatic heterocycles. The summed E-state index contributed by atoms with van der Waals surface area (Å²) in [6.45, 7) is 1.87. The van der Waals surface area contributed by atoms with Crippen molar-refractivity contribution < 1.29 is 0 Å². The van der Waals surface area contributed by atoms with Crippen LogP contribution < -0.4 is 10.6 Å². The van der Waals surface area contributed by atoms with Gasteiger partial charge in [-0.25, -0.2) is 4.98 Å². The molecule has 1 aliphatic rings. The van der Waals surface area contributed by atoms with Crippen molar-refractivity contribution in [2.24, 2.45) is 0 Å². The number of nitrogens with zero attached hydrogens (tertiary/aromatic N) is 2. The summed E-state index contributed by atoms with van der Waals surface area (Å²) in [6, 6.07) is 14.5. The first-order chi connectivity index (χ1) is 9.81. The number of nitrogen functional groups attached to an aromatic ring is 1. The van der Waals surface area contributed by atoms with Crippen LogP contribution in [0.25, 0.3) is 10.2 Å². The molecule has 0 saturated heterocycles. The lowest BCUT2D eigenvalue weighted by molar-refractivity contribution is 0.731. The highest BCUT2D eigenvalue weighted by Crippen LogP contribution is 2.33. The number of anilines is 2. The molecular formula is C16H15N3S. The molecular weight excluding hydrogens is 266 g/mol. The summed E-state index contributed by atoms with van der Waals surface area (Å²) in [5, 5.41) is 1.10. The van der Waals surface area contributed by atoms with Crippen LogP contribution in [0.1, 0.15) is 11.1 Å². The van der Waals surface area contributed by atoms with Crippen LogP contribution in [0.4, 0.5) is 10.8 Å². The van der Waals surface area contributed by atoms with Crippen molar-refractivity contribution in [2.75, 3.05) is 17.2 Å². The molecule has 0 unspecified atom stereocenters. The Labute approximate surface area is 121 Å². The zero-order chi connectivity index (χ0) is 13.5. The third kappa shape index (κ3) is 1.84. The standard InChI is InChI=1S/C16H15N3S/c17-13-5-3-4-11-8-9-19(10-12(11)13)16-18-14-6-1-2-7-15(14)20-16/h1-7H,8-10,17H2. The number of hydrogen-bond donors (Lipinski definition) is 1. The van der Waals surface area contributed by atoms with Crippen molar-refractivity contribution in [2.45, 2.75) is 13.0 Å². The van der Waals surface area contributed by atoms with Gasteiger partial charge in [0.2, 0.25) is 0 Å². The SMILES string of the molecule is Nc1cccc2c1CN(c1nc3ccccc3s1)CC2. The summed E-state index contributed by atoms with van der Waals surface area (Å²) in [7, 11) is 0. The second kappa shape index (κ2) is 4.49. The van der Waals surface area contributed by atoms with Crippen LogP contribution in [0.15, 0.2) is 42.5 Å². The third-order valence-corrected chi connectivity index (χ3v) is 4.96. The first-order valence-corrected chi connectivity index (χ1v) is 7.60. The van der Waals surface area contributed by atoms with Gasteiger partial charge in [0.05, 0.1) is 10.2 Å². The molecule has 0 saturated carbocycles. The lowest BCUT2D eigenvalue weighted by Crippen LogP contribution is -2.30. The summed E-state index contributed by atoms with van der Waals surface area (Å²) < 4.78 is 1.24. The largest absolute Gasteiger partial charge is 0.398 e. The Morgan fingerprint density at radius 2 is 2.00 bits per heavy atom. The van der Waals surface area contributed by atoms with Gasteiger partial charge >= 0.3 is 0 Å². The van der Waals surface area contributed by atoms with Gasteiger partial charge in [-0.2, -0.15) is 0 Å². The maximum absolute atomic E-state index is 6.11. The third-order valence-electron chi connectivity index (χ3n) is 3.86. The van der Waals surface area contributed by atoms with Crippen LogP contribution in [0.5, 0.6) is 0 Å². The Bertz CT molecular complexity index is 745. The van der Waals surface area contributed by atoms with Crippen molar-refractivity contribution in [1.29, 1.82) is 0 Å². The number of benzene rings is 2. The predicted octanol–water partition coefficient (Wildman–Crippen LogP) is 3.44. The van der Waals surface area contributed by atoms with Crippen LogP contribution >= 0.6 is 11.3 Å². The van der Waals surface area contributed by atoms with Gasteiger partial charge in [-0.3, -0.25) is 0 Å². The molecule has 4 heteroatoms. The smallest absolute Gasteiger partial charge is 0.186 e. The quantitative estimate of drug-likeness (QED) is 0.695. The van der Waals surface area contributed by atoms with Crippen molar-refractivity contribution in [1.82, 2.24) is 4.98 Å². The average Bonchev–Trinajstić information content (AvgIpc) is 2.91. The summed E-state index contributed by atoms with van der Waals surface area (Å²) in [5.74, 6) is 0. The average molecular weight is 281 g/mol. The van der Waals surface area contributed by atoms with Crippen LogP contribution in [0, 0.1) is 0 Å². The van der Waals surface area contributed by atoms with E-state index in [0.29, 0.717) is 0 Å². The minimum atomic E-state index is 0.863. The Morgan fingerprint density at radius 1 is 1.10 bits per heavy atom. The highest BCUT2D eigenvalue weighted by Gasteiger charge is 2.20. The Hall–Kier alpha value is -2.07. The molecule has 0 radical (unpaired) electrons. The zero-order valence-corrected chi connectivity index (χ0v) is 11.9. The fourth-order valence-corrected chi connectivity index (χ4v) is 3.76. The van der Waals surface area contributed by atoms with Crippen LogP contribution in [-0.4, -0.2) is 11.5 Å². The van der Waals surface area contributed by atoms with Gasteiger partial charge in [0.15, 0.2) is 5.13 Å². The van der Waals surface area contributed by atoms with Gasteiger partial charge in [-0.05, 0) is 35.7 Å². The van der Waals surface area contributed by atoms with E-state index < -0.39 is 0 Å². The molecule has 4 rings (SSSR count). The Kier molecular flexibility index (Phi) is 2.63. The van der Waals surface area contributed by atoms with Crippen molar-refractivity contribution in [3.05, 3.63) is 53.6 Å². The minimum Gasteiger partial charge on any atom is -0.398 e. The molecule has 0 amide bonds. The molecule has 0 spiro atoms. The van der Waals surface area contributed by atoms with Crippen molar-refractivity contribution in [3.63, 3.8) is 0 Å². The molecule has 2 N–H and O–H groups in total. The molecule has 2 heterocycles. The van der Waals surface area contributed by atoms with E-state index in [4.69, 9.17) is 10.7 Å². The van der Waals surface area contributed by atoms with Gasteiger partial charge in [-0.15, -0.1) is 0 Å². The number of hydrogen-bond acceptors (Lipinski definition) is 4. The molecule has 0 aliphatic carbocycles. The van der Waals surface area contributed by atoms with E-state index in [1.165, 1.54) is 15.8 Å². The fraction of sp³-hybridized carbons (Fsp3) is 0.188. The number of nitrogens with two attached hydrogens (primary N) is 1. The van der Waals surface area contributed by atoms with E-state index in [-0.39, 0.29) is 0 Å². The number of aromatic nitrogens is 1. The summed E-state index contributed by atoms with van der Waals surface area (Å²) in [6.07, 6.45) is 1.04. The lowest BCUT2D eigenvalue weighted by Gasteiger charge is -2.29. The van der Waals surface area contributed by atoms with Crippen molar-refractivity contribution in [3.8, 4) is 0 Å². The molecule has 3 aromatic rings. The van der Waals surface area contributed by atoms with E-state index >= 15 is 0 Å². The van der Waals surface area contributed by atoms with Crippen LogP contribution in [-0.2, 0) is 13.0 Å². The second-order valence-electron chi connectivity index (χ2n) is 5.12. The Morgan fingerprint density at radius 3 is 2.90 bits per heavy atom.